The molecule has 3 aliphatic carbocycles. The van der Waals surface area contributed by atoms with Gasteiger partial charge in [-0.2, -0.15) is 26.3 Å². The summed E-state index contributed by atoms with van der Waals surface area (Å²) in [4.78, 5) is 35.0. The number of amides is 1. The van der Waals surface area contributed by atoms with Gasteiger partial charge in [-0.1, -0.05) is 37.1 Å². The third-order valence-electron chi connectivity index (χ3n) is 14.0. The molecule has 6 N–H and O–H groups in total. The Morgan fingerprint density at radius 2 is 1.10 bits per heavy atom. The summed E-state index contributed by atoms with van der Waals surface area (Å²) in [7, 11) is 0. The van der Waals surface area contributed by atoms with Crippen molar-refractivity contribution < 1.29 is 51.6 Å². The van der Waals surface area contributed by atoms with E-state index in [2.05, 4.69) is 29.7 Å². The van der Waals surface area contributed by atoms with Gasteiger partial charge in [0.2, 0.25) is 5.91 Å². The molecule has 0 bridgehead atoms. The van der Waals surface area contributed by atoms with Gasteiger partial charge in [-0.15, -0.1) is 0 Å². The minimum absolute atomic E-state index is 0.0199. The van der Waals surface area contributed by atoms with Gasteiger partial charge in [0.15, 0.2) is 0 Å². The van der Waals surface area contributed by atoms with Crippen molar-refractivity contribution in [1.29, 1.82) is 0 Å². The SMILES string of the molecule is NC(=O)CN1CCC(O)(Cn2ccc3c(N(Cc4ccc(C(F)(F)F)cc4)C4CC4)ncnc32)C(O)C1.OC1CCCCC1(O)Cn1ccc2c(N(Cc3ccc(C(F)(F)F)cc3)C3CC3)ncnc21. The number of aromatic nitrogens is 6. The lowest BCUT2D eigenvalue weighted by atomic mass is 9.82. The summed E-state index contributed by atoms with van der Waals surface area (Å²) in [5.74, 6) is 0.919. The first kappa shape index (κ1) is 49.1. The molecule has 6 aromatic rings. The third-order valence-corrected chi connectivity index (χ3v) is 14.0. The molecule has 70 heavy (non-hydrogen) atoms. The first-order chi connectivity index (χ1) is 33.3. The van der Waals surface area contributed by atoms with E-state index >= 15 is 0 Å². The summed E-state index contributed by atoms with van der Waals surface area (Å²) in [6.45, 7) is 1.75. The molecule has 15 nitrogen and oxygen atoms in total. The Bertz CT molecular complexity index is 2780. The van der Waals surface area contributed by atoms with E-state index in [9.17, 15) is 51.6 Å². The number of aliphatic hydroxyl groups is 4. The van der Waals surface area contributed by atoms with E-state index in [0.29, 0.717) is 49.6 Å². The molecular formula is C49H56F6N10O5. The summed E-state index contributed by atoms with van der Waals surface area (Å²) in [5, 5.41) is 44.9. The number of β-amino-alcohol motifs (C(OH)–C–C–N with tert-alkyl or cyclic N) is 1. The van der Waals surface area contributed by atoms with E-state index in [1.807, 2.05) is 22.9 Å². The molecule has 5 heterocycles. The van der Waals surface area contributed by atoms with E-state index in [-0.39, 0.29) is 44.7 Å². The van der Waals surface area contributed by atoms with Crippen LogP contribution in [0.25, 0.3) is 22.1 Å². The predicted octanol–water partition coefficient (Wildman–Crippen LogP) is 6.19. The lowest BCUT2D eigenvalue weighted by Crippen LogP contribution is -2.58. The van der Waals surface area contributed by atoms with Gasteiger partial charge in [0, 0.05) is 50.7 Å². The van der Waals surface area contributed by atoms with Crippen LogP contribution >= 0.6 is 0 Å². The van der Waals surface area contributed by atoms with Gasteiger partial charge < -0.3 is 45.1 Å². The van der Waals surface area contributed by atoms with Gasteiger partial charge in [-0.05, 0) is 92.5 Å². The number of hydrogen-bond acceptors (Lipinski definition) is 12. The number of alkyl halides is 6. The Hall–Kier alpha value is -5.87. The Kier molecular flexibility index (Phi) is 13.6. The standard InChI is InChI=1S/C25H29F3N6O3.C24H27F3N4O2/c26-25(27,28)17-3-1-16(2-4-17)11-34(18-5-6-18)23-19-7-9-33(22(19)30-15-31-23)14-24(37)8-10-32(12-20(24)35)13-21(29)36;25-24(26,27)17-6-4-16(5-7-17)13-31(18-8-9-18)22-19-10-12-30(21(19)28-15-29-22)14-23(33)11-2-1-3-20(23)32/h1-4,7,9,15,18,20,35,37H,5-6,8,10-14H2,(H2,29,36);4-7,10,12,15,18,20,32-33H,1-3,8-9,11,13-14H2. The lowest BCUT2D eigenvalue weighted by Gasteiger charge is -2.42. The molecule has 4 aliphatic rings. The Labute approximate surface area is 399 Å². The van der Waals surface area contributed by atoms with E-state index in [0.717, 1.165) is 90.5 Å². The lowest BCUT2D eigenvalue weighted by molar-refractivity contribution is -0.138. The molecule has 4 atom stereocenters. The monoisotopic (exact) mass is 978 g/mol. The number of likely N-dealkylation sites (tertiary alicyclic amines) is 1. The van der Waals surface area contributed by atoms with E-state index in [4.69, 9.17) is 5.73 Å². The number of fused-ring (bicyclic) bond motifs is 2. The van der Waals surface area contributed by atoms with Crippen molar-refractivity contribution in [3.8, 4) is 0 Å². The molecule has 1 saturated heterocycles. The molecule has 4 aromatic heterocycles. The quantitative estimate of drug-likeness (QED) is 0.0779. The van der Waals surface area contributed by atoms with Crippen LogP contribution in [0.1, 0.15) is 80.0 Å². The first-order valence-corrected chi connectivity index (χ1v) is 23.5. The molecular weight excluding hydrogens is 923 g/mol. The molecule has 1 aliphatic heterocycles. The van der Waals surface area contributed by atoms with Crippen LogP contribution in [0.15, 0.2) is 85.7 Å². The smallest absolute Gasteiger partial charge is 0.390 e. The fourth-order valence-electron chi connectivity index (χ4n) is 9.76. The number of nitrogens with two attached hydrogens (primary N) is 1. The second kappa shape index (κ2) is 19.4. The van der Waals surface area contributed by atoms with Crippen LogP contribution in [0.3, 0.4) is 0 Å². The number of benzene rings is 2. The minimum atomic E-state index is -4.38. The Balaban J connectivity index is 0.000000175. The number of aliphatic hydroxyl groups excluding tert-OH is 2. The van der Waals surface area contributed by atoms with E-state index < -0.39 is 52.8 Å². The number of hydrogen-bond donors (Lipinski definition) is 5. The summed E-state index contributed by atoms with van der Waals surface area (Å²) >= 11 is 0. The van der Waals surface area contributed by atoms with Crippen molar-refractivity contribution in [2.45, 2.75) is 132 Å². The van der Waals surface area contributed by atoms with Crippen LogP contribution in [-0.2, 0) is 43.3 Å². The van der Waals surface area contributed by atoms with Crippen molar-refractivity contribution >= 4 is 39.6 Å². The summed E-state index contributed by atoms with van der Waals surface area (Å²) < 4.78 is 81.3. The van der Waals surface area contributed by atoms with E-state index in [1.165, 1.54) is 36.9 Å². The second-order valence-electron chi connectivity index (χ2n) is 19.3. The van der Waals surface area contributed by atoms with E-state index in [1.54, 1.807) is 15.7 Å². The summed E-state index contributed by atoms with van der Waals surface area (Å²) in [6, 6.07) is 14.7. The van der Waals surface area contributed by atoms with Gasteiger partial charge in [0.05, 0.1) is 53.7 Å². The molecule has 10 rings (SSSR count). The molecule has 2 aromatic carbocycles. The largest absolute Gasteiger partial charge is 0.416 e. The number of primary amides is 1. The van der Waals surface area contributed by atoms with Crippen LogP contribution < -0.4 is 15.5 Å². The average molecular weight is 979 g/mol. The van der Waals surface area contributed by atoms with Crippen molar-refractivity contribution in [3.63, 3.8) is 0 Å². The van der Waals surface area contributed by atoms with Gasteiger partial charge in [-0.3, -0.25) is 9.69 Å². The van der Waals surface area contributed by atoms with Gasteiger partial charge in [0.25, 0.3) is 0 Å². The number of piperidine rings is 1. The molecule has 3 saturated carbocycles. The highest BCUT2D eigenvalue weighted by Gasteiger charge is 2.43. The topological polar surface area (TPSA) is 195 Å². The summed E-state index contributed by atoms with van der Waals surface area (Å²) in [6.07, 6.45) is 3.03. The summed E-state index contributed by atoms with van der Waals surface area (Å²) in [5.41, 5.74) is 4.08. The predicted molar refractivity (Wildman–Crippen MR) is 247 cm³/mol. The molecule has 0 radical (unpaired) electrons. The highest BCUT2D eigenvalue weighted by atomic mass is 19.4. The van der Waals surface area contributed by atoms with Gasteiger partial charge in [-0.25, -0.2) is 19.9 Å². The van der Waals surface area contributed by atoms with Crippen LogP contribution in [0, 0.1) is 0 Å². The molecule has 4 unspecified atom stereocenters. The van der Waals surface area contributed by atoms with Gasteiger partial charge in [0.1, 0.15) is 46.8 Å². The zero-order chi connectivity index (χ0) is 49.6. The first-order valence-electron chi connectivity index (χ1n) is 23.5. The zero-order valence-electron chi connectivity index (χ0n) is 38.3. The normalized spacial score (nSPS) is 23.3. The number of halogens is 6. The average Bonchev–Trinajstić information content (AvgIpc) is 4.26. The maximum Gasteiger partial charge on any atom is 0.416 e. The van der Waals surface area contributed by atoms with Crippen LogP contribution in [0.4, 0.5) is 38.0 Å². The number of rotatable bonds is 14. The maximum atomic E-state index is 13.0. The maximum absolute atomic E-state index is 13.0. The highest BCUT2D eigenvalue weighted by molar-refractivity contribution is 5.89. The third kappa shape index (κ3) is 10.9. The Morgan fingerprint density at radius 3 is 1.50 bits per heavy atom. The highest BCUT2D eigenvalue weighted by Crippen LogP contribution is 2.39. The Morgan fingerprint density at radius 1 is 0.643 bits per heavy atom. The van der Waals surface area contributed by atoms with Crippen molar-refractivity contribution in [1.82, 2.24) is 34.0 Å². The molecule has 1 amide bonds. The number of nitrogens with zero attached hydrogens (tertiary/aromatic N) is 9. The fourth-order valence-corrected chi connectivity index (χ4v) is 9.76. The molecule has 0 spiro atoms. The van der Waals surface area contributed by atoms with Crippen LogP contribution in [0.5, 0.6) is 0 Å². The number of carbonyl (C=O) groups is 1. The minimum Gasteiger partial charge on any atom is -0.390 e. The van der Waals surface area contributed by atoms with Crippen LogP contribution in [-0.4, -0.2) is 115 Å². The van der Waals surface area contributed by atoms with Crippen molar-refractivity contribution in [3.05, 3.63) is 108 Å². The van der Waals surface area contributed by atoms with Crippen LogP contribution in [0.2, 0.25) is 0 Å². The number of anilines is 2. The van der Waals surface area contributed by atoms with Crippen molar-refractivity contribution in [2.75, 3.05) is 29.4 Å². The second-order valence-corrected chi connectivity index (χ2v) is 19.3. The van der Waals surface area contributed by atoms with Crippen molar-refractivity contribution in [2.24, 2.45) is 5.73 Å². The molecule has 374 valence electrons. The molecule has 21 heteroatoms. The zero-order valence-corrected chi connectivity index (χ0v) is 38.3. The van der Waals surface area contributed by atoms with Gasteiger partial charge >= 0.3 is 12.4 Å². The fraction of sp³-hybridized carbons (Fsp3) is 0.490. The molecule has 4 fully saturated rings. The number of carbonyl (C=O) groups excluding carboxylic acids is 1.